The summed E-state index contributed by atoms with van der Waals surface area (Å²) in [6, 6.07) is 5.15. The van der Waals surface area contributed by atoms with Crippen molar-refractivity contribution < 1.29 is 13.2 Å². The van der Waals surface area contributed by atoms with Crippen molar-refractivity contribution in [3.8, 4) is 0 Å². The quantitative estimate of drug-likeness (QED) is 0.810. The highest BCUT2D eigenvalue weighted by molar-refractivity contribution is 7.89. The average Bonchev–Trinajstić information content (AvgIpc) is 2.40. The topological polar surface area (TPSA) is 75.3 Å². The molecular formula is C13H19ClN2O3S. The Morgan fingerprint density at radius 3 is 2.70 bits per heavy atom. The second-order valence-corrected chi connectivity index (χ2v) is 6.79. The highest BCUT2D eigenvalue weighted by atomic mass is 35.5. The van der Waals surface area contributed by atoms with Gasteiger partial charge in [0, 0.05) is 10.7 Å². The summed E-state index contributed by atoms with van der Waals surface area (Å²) in [5.41, 5.74) is 1.33. The molecule has 1 aromatic rings. The lowest BCUT2D eigenvalue weighted by molar-refractivity contribution is -0.115. The van der Waals surface area contributed by atoms with Crippen molar-refractivity contribution in [3.05, 3.63) is 28.8 Å². The predicted octanol–water partition coefficient (Wildman–Crippen LogP) is 2.31. The standard InChI is InChI=1S/C13H19ClN2O3S/c1-3-4-8-20(18,19)15-9-13(17)16-12-7-5-6-11(14)10(12)2/h5-7,15H,3-4,8-9H2,1-2H3,(H,16,17). The molecule has 5 nitrogen and oxygen atoms in total. The first-order valence-electron chi connectivity index (χ1n) is 6.38. The molecule has 112 valence electrons. The molecule has 0 aliphatic carbocycles. The molecule has 0 aromatic heterocycles. The van der Waals surface area contributed by atoms with Crippen molar-refractivity contribution in [1.29, 1.82) is 0 Å². The van der Waals surface area contributed by atoms with E-state index in [1.165, 1.54) is 0 Å². The summed E-state index contributed by atoms with van der Waals surface area (Å²) in [5.74, 6) is -0.386. The summed E-state index contributed by atoms with van der Waals surface area (Å²) >= 11 is 5.94. The summed E-state index contributed by atoms with van der Waals surface area (Å²) in [6.07, 6.45) is 1.36. The van der Waals surface area contributed by atoms with Gasteiger partial charge in [-0.15, -0.1) is 0 Å². The molecule has 0 saturated heterocycles. The van der Waals surface area contributed by atoms with E-state index in [9.17, 15) is 13.2 Å². The SMILES string of the molecule is CCCCS(=O)(=O)NCC(=O)Nc1cccc(Cl)c1C. The molecule has 0 aliphatic heterocycles. The number of rotatable bonds is 7. The summed E-state index contributed by atoms with van der Waals surface area (Å²) in [5, 5.41) is 3.18. The molecule has 0 fully saturated rings. The lowest BCUT2D eigenvalue weighted by Crippen LogP contribution is -2.34. The van der Waals surface area contributed by atoms with Gasteiger partial charge >= 0.3 is 0 Å². The average molecular weight is 319 g/mol. The third kappa shape index (κ3) is 5.48. The minimum absolute atomic E-state index is 0.0347. The fourth-order valence-corrected chi connectivity index (χ4v) is 2.86. The first-order valence-corrected chi connectivity index (χ1v) is 8.41. The van der Waals surface area contributed by atoms with Crippen molar-refractivity contribution >= 4 is 33.2 Å². The van der Waals surface area contributed by atoms with Crippen LogP contribution in [0.5, 0.6) is 0 Å². The molecule has 2 N–H and O–H groups in total. The lowest BCUT2D eigenvalue weighted by atomic mass is 10.2. The summed E-state index contributed by atoms with van der Waals surface area (Å²) < 4.78 is 25.4. The van der Waals surface area contributed by atoms with Crippen LogP contribution < -0.4 is 10.0 Å². The van der Waals surface area contributed by atoms with Gasteiger partial charge in [-0.05, 0) is 31.0 Å². The Labute approximate surface area is 124 Å². The molecule has 0 aliphatic rings. The number of hydrogen-bond donors (Lipinski definition) is 2. The van der Waals surface area contributed by atoms with Crippen molar-refractivity contribution in [2.45, 2.75) is 26.7 Å². The van der Waals surface area contributed by atoms with Crippen molar-refractivity contribution in [3.63, 3.8) is 0 Å². The van der Waals surface area contributed by atoms with E-state index in [2.05, 4.69) is 10.0 Å². The van der Waals surface area contributed by atoms with E-state index in [0.717, 1.165) is 12.0 Å². The van der Waals surface area contributed by atoms with Crippen LogP contribution in [0.4, 0.5) is 5.69 Å². The number of halogens is 1. The largest absolute Gasteiger partial charge is 0.325 e. The van der Waals surface area contributed by atoms with Crippen LogP contribution in [0.2, 0.25) is 5.02 Å². The zero-order valence-electron chi connectivity index (χ0n) is 11.6. The third-order valence-electron chi connectivity index (χ3n) is 2.76. The second-order valence-electron chi connectivity index (χ2n) is 4.45. The van der Waals surface area contributed by atoms with E-state index in [4.69, 9.17) is 11.6 Å². The minimum atomic E-state index is -3.39. The Kier molecular flexibility index (Phi) is 6.45. The van der Waals surface area contributed by atoms with Crippen LogP contribution in [0.1, 0.15) is 25.3 Å². The first-order chi connectivity index (χ1) is 9.35. The van der Waals surface area contributed by atoms with Gasteiger partial charge in [-0.2, -0.15) is 0 Å². The molecule has 20 heavy (non-hydrogen) atoms. The zero-order chi connectivity index (χ0) is 15.2. The molecule has 0 heterocycles. The number of hydrogen-bond acceptors (Lipinski definition) is 3. The van der Waals surface area contributed by atoms with E-state index < -0.39 is 15.9 Å². The van der Waals surface area contributed by atoms with Crippen molar-refractivity contribution in [2.24, 2.45) is 0 Å². The monoisotopic (exact) mass is 318 g/mol. The fraction of sp³-hybridized carbons (Fsp3) is 0.462. The van der Waals surface area contributed by atoms with Crippen LogP contribution in [0.25, 0.3) is 0 Å². The number of carbonyl (C=O) groups excluding carboxylic acids is 1. The van der Waals surface area contributed by atoms with E-state index in [1.54, 1.807) is 25.1 Å². The Morgan fingerprint density at radius 1 is 1.35 bits per heavy atom. The number of unbranched alkanes of at least 4 members (excludes halogenated alkanes) is 1. The molecule has 1 aromatic carbocycles. The normalized spacial score (nSPS) is 11.3. The van der Waals surface area contributed by atoms with E-state index in [1.807, 2.05) is 6.92 Å². The number of benzene rings is 1. The zero-order valence-corrected chi connectivity index (χ0v) is 13.1. The fourth-order valence-electron chi connectivity index (χ4n) is 1.52. The first kappa shape index (κ1) is 16.9. The molecule has 7 heteroatoms. The van der Waals surface area contributed by atoms with Gasteiger partial charge in [-0.1, -0.05) is 31.0 Å². The Morgan fingerprint density at radius 2 is 2.05 bits per heavy atom. The smallest absolute Gasteiger partial charge is 0.239 e. The predicted molar refractivity (Wildman–Crippen MR) is 81.5 cm³/mol. The third-order valence-corrected chi connectivity index (χ3v) is 4.58. The highest BCUT2D eigenvalue weighted by Gasteiger charge is 2.12. The van der Waals surface area contributed by atoms with E-state index in [0.29, 0.717) is 17.1 Å². The maximum absolute atomic E-state index is 11.7. The van der Waals surface area contributed by atoms with Crippen LogP contribution in [-0.2, 0) is 14.8 Å². The molecular weight excluding hydrogens is 300 g/mol. The molecule has 0 radical (unpaired) electrons. The molecule has 0 unspecified atom stereocenters. The highest BCUT2D eigenvalue weighted by Crippen LogP contribution is 2.22. The molecule has 1 amide bonds. The van der Waals surface area contributed by atoms with Gasteiger partial charge in [-0.3, -0.25) is 4.79 Å². The van der Waals surface area contributed by atoms with Crippen LogP contribution in [-0.4, -0.2) is 26.6 Å². The van der Waals surface area contributed by atoms with Crippen LogP contribution in [0.15, 0.2) is 18.2 Å². The summed E-state index contributed by atoms with van der Waals surface area (Å²) in [7, 11) is -3.39. The van der Waals surface area contributed by atoms with Crippen molar-refractivity contribution in [2.75, 3.05) is 17.6 Å². The van der Waals surface area contributed by atoms with Gasteiger partial charge in [-0.25, -0.2) is 13.1 Å². The van der Waals surface area contributed by atoms with Gasteiger partial charge in [0.05, 0.1) is 12.3 Å². The lowest BCUT2D eigenvalue weighted by Gasteiger charge is -2.10. The summed E-state index contributed by atoms with van der Waals surface area (Å²) in [6.45, 7) is 3.41. The Hall–Kier alpha value is -1.11. The van der Waals surface area contributed by atoms with Crippen LogP contribution in [0, 0.1) is 6.92 Å². The van der Waals surface area contributed by atoms with E-state index >= 15 is 0 Å². The van der Waals surface area contributed by atoms with Gasteiger partial charge in [0.2, 0.25) is 15.9 Å². The number of sulfonamides is 1. The Balaban J connectivity index is 2.54. The Bertz CT molecular complexity index is 573. The maximum atomic E-state index is 11.7. The van der Waals surface area contributed by atoms with E-state index in [-0.39, 0.29) is 12.3 Å². The number of amides is 1. The minimum Gasteiger partial charge on any atom is -0.325 e. The number of carbonyl (C=O) groups is 1. The van der Waals surface area contributed by atoms with Crippen LogP contribution >= 0.6 is 11.6 Å². The molecule has 1 rings (SSSR count). The van der Waals surface area contributed by atoms with Crippen molar-refractivity contribution in [1.82, 2.24) is 4.72 Å². The van der Waals surface area contributed by atoms with Gasteiger partial charge in [0.25, 0.3) is 0 Å². The maximum Gasteiger partial charge on any atom is 0.239 e. The van der Waals surface area contributed by atoms with Crippen LogP contribution in [0.3, 0.4) is 0 Å². The molecule has 0 spiro atoms. The van der Waals surface area contributed by atoms with Gasteiger partial charge < -0.3 is 5.32 Å². The van der Waals surface area contributed by atoms with Gasteiger partial charge in [0.15, 0.2) is 0 Å². The van der Waals surface area contributed by atoms with Gasteiger partial charge in [0.1, 0.15) is 0 Å². The number of anilines is 1. The second kappa shape index (κ2) is 7.61. The number of nitrogens with one attached hydrogen (secondary N) is 2. The molecule has 0 atom stereocenters. The summed E-state index contributed by atoms with van der Waals surface area (Å²) in [4.78, 5) is 11.7. The molecule has 0 saturated carbocycles. The molecule has 0 bridgehead atoms.